The van der Waals surface area contributed by atoms with Gasteiger partial charge in [-0.15, -0.1) is 35.3 Å². The molecule has 5 nitrogen and oxygen atoms in total. The molecule has 3 rings (SSSR count). The van der Waals surface area contributed by atoms with E-state index in [1.165, 1.54) is 11.1 Å². The first-order valence-electron chi connectivity index (χ1n) is 8.71. The number of nitrogens with one attached hydrogen (secondary N) is 2. The standard InChI is InChI=1S/C18H22F3N5S.HI/c1-22-17(24-10-16-25-15(12-27-16)18(19,20)21)23-7-9-26-8-6-13-4-2-3-5-14(13)11-26;/h2-5,12H,6-11H2,1H3,(H2,22,23,24);1H. The highest BCUT2D eigenvalue weighted by atomic mass is 127. The van der Waals surface area contributed by atoms with Crippen LogP contribution in [-0.2, 0) is 25.7 Å². The summed E-state index contributed by atoms with van der Waals surface area (Å²) in [5.41, 5.74) is 1.94. The zero-order valence-electron chi connectivity index (χ0n) is 15.4. The lowest BCUT2D eigenvalue weighted by atomic mass is 10.00. The Morgan fingerprint density at radius 1 is 1.25 bits per heavy atom. The number of halogens is 4. The van der Waals surface area contributed by atoms with Gasteiger partial charge in [-0.1, -0.05) is 24.3 Å². The van der Waals surface area contributed by atoms with Crippen LogP contribution in [0.25, 0.3) is 0 Å². The summed E-state index contributed by atoms with van der Waals surface area (Å²) < 4.78 is 37.8. The molecule has 2 N–H and O–H groups in total. The van der Waals surface area contributed by atoms with E-state index in [4.69, 9.17) is 0 Å². The van der Waals surface area contributed by atoms with Crippen molar-refractivity contribution in [1.82, 2.24) is 20.5 Å². The van der Waals surface area contributed by atoms with Crippen LogP contribution in [0.3, 0.4) is 0 Å². The Kier molecular flexibility index (Phi) is 8.50. The van der Waals surface area contributed by atoms with E-state index in [1.54, 1.807) is 7.05 Å². The van der Waals surface area contributed by atoms with E-state index in [-0.39, 0.29) is 30.5 Å². The molecule has 2 heterocycles. The predicted octanol–water partition coefficient (Wildman–Crippen LogP) is 3.50. The van der Waals surface area contributed by atoms with E-state index in [0.717, 1.165) is 42.8 Å². The monoisotopic (exact) mass is 525 g/mol. The average Bonchev–Trinajstić information content (AvgIpc) is 3.14. The van der Waals surface area contributed by atoms with E-state index in [2.05, 4.69) is 49.8 Å². The molecule has 154 valence electrons. The normalized spacial score (nSPS) is 14.9. The van der Waals surface area contributed by atoms with Gasteiger partial charge < -0.3 is 10.6 Å². The van der Waals surface area contributed by atoms with Gasteiger partial charge in [-0.3, -0.25) is 9.89 Å². The van der Waals surface area contributed by atoms with E-state index in [0.29, 0.717) is 17.5 Å². The topological polar surface area (TPSA) is 52.6 Å². The fourth-order valence-corrected chi connectivity index (χ4v) is 3.72. The van der Waals surface area contributed by atoms with Crippen molar-refractivity contribution in [3.05, 3.63) is 51.5 Å². The maximum Gasteiger partial charge on any atom is 0.434 e. The molecule has 0 bridgehead atoms. The molecule has 0 saturated carbocycles. The first-order valence-corrected chi connectivity index (χ1v) is 9.59. The molecule has 1 aromatic heterocycles. The van der Waals surface area contributed by atoms with Crippen LogP contribution in [0.5, 0.6) is 0 Å². The molecule has 28 heavy (non-hydrogen) atoms. The molecule has 0 spiro atoms. The number of benzene rings is 1. The third-order valence-electron chi connectivity index (χ3n) is 4.40. The lowest BCUT2D eigenvalue weighted by molar-refractivity contribution is -0.140. The largest absolute Gasteiger partial charge is 0.434 e. The third-order valence-corrected chi connectivity index (χ3v) is 5.25. The Morgan fingerprint density at radius 2 is 2.00 bits per heavy atom. The molecular formula is C18H23F3IN5S. The summed E-state index contributed by atoms with van der Waals surface area (Å²) in [7, 11) is 1.63. The molecule has 10 heteroatoms. The minimum absolute atomic E-state index is 0. The van der Waals surface area contributed by atoms with Crippen molar-refractivity contribution in [3.63, 3.8) is 0 Å². The van der Waals surface area contributed by atoms with Crippen LogP contribution in [0.1, 0.15) is 21.8 Å². The van der Waals surface area contributed by atoms with E-state index < -0.39 is 11.9 Å². The second kappa shape index (κ2) is 10.4. The number of nitrogens with zero attached hydrogens (tertiary/aromatic N) is 3. The second-order valence-electron chi connectivity index (χ2n) is 6.27. The fourth-order valence-electron chi connectivity index (χ4n) is 2.98. The summed E-state index contributed by atoms with van der Waals surface area (Å²) >= 11 is 0.984. The predicted molar refractivity (Wildman–Crippen MR) is 116 cm³/mol. The van der Waals surface area contributed by atoms with Gasteiger partial charge in [0.1, 0.15) is 5.01 Å². The highest BCUT2D eigenvalue weighted by Gasteiger charge is 2.33. The Labute approximate surface area is 183 Å². The van der Waals surface area contributed by atoms with Crippen LogP contribution >= 0.6 is 35.3 Å². The fraction of sp³-hybridized carbons (Fsp3) is 0.444. The van der Waals surface area contributed by atoms with Crippen molar-refractivity contribution in [2.24, 2.45) is 4.99 Å². The van der Waals surface area contributed by atoms with Crippen molar-refractivity contribution in [2.45, 2.75) is 25.7 Å². The Morgan fingerprint density at radius 3 is 2.68 bits per heavy atom. The van der Waals surface area contributed by atoms with Gasteiger partial charge in [-0.2, -0.15) is 13.2 Å². The van der Waals surface area contributed by atoms with E-state index in [1.807, 2.05) is 0 Å². The van der Waals surface area contributed by atoms with Gasteiger partial charge in [0.15, 0.2) is 11.7 Å². The Hall–Kier alpha value is -1.40. The van der Waals surface area contributed by atoms with Crippen LogP contribution < -0.4 is 10.6 Å². The van der Waals surface area contributed by atoms with Gasteiger partial charge in [0.25, 0.3) is 0 Å². The highest BCUT2D eigenvalue weighted by Crippen LogP contribution is 2.29. The molecule has 0 saturated heterocycles. The van der Waals surface area contributed by atoms with Gasteiger partial charge in [-0.05, 0) is 17.5 Å². The lowest BCUT2D eigenvalue weighted by Gasteiger charge is -2.28. The number of guanidine groups is 1. The van der Waals surface area contributed by atoms with Crippen molar-refractivity contribution in [1.29, 1.82) is 0 Å². The van der Waals surface area contributed by atoms with Crippen LogP contribution in [0, 0.1) is 0 Å². The minimum atomic E-state index is -4.40. The number of hydrogen-bond donors (Lipinski definition) is 2. The summed E-state index contributed by atoms with van der Waals surface area (Å²) in [6.07, 6.45) is -3.35. The molecule has 1 aliphatic rings. The number of fused-ring (bicyclic) bond motifs is 1. The van der Waals surface area contributed by atoms with Crippen molar-refractivity contribution >= 4 is 41.3 Å². The van der Waals surface area contributed by atoms with E-state index in [9.17, 15) is 13.2 Å². The van der Waals surface area contributed by atoms with Gasteiger partial charge in [0, 0.05) is 38.6 Å². The summed E-state index contributed by atoms with van der Waals surface area (Å²) in [6, 6.07) is 8.49. The zero-order valence-corrected chi connectivity index (χ0v) is 18.6. The number of hydrogen-bond acceptors (Lipinski definition) is 4. The molecule has 0 fully saturated rings. The quantitative estimate of drug-likeness (QED) is 0.357. The number of thiazole rings is 1. The summed E-state index contributed by atoms with van der Waals surface area (Å²) in [5, 5.41) is 7.61. The molecule has 1 aromatic carbocycles. The summed E-state index contributed by atoms with van der Waals surface area (Å²) in [5.74, 6) is 0.552. The van der Waals surface area contributed by atoms with Crippen LogP contribution in [0.2, 0.25) is 0 Å². The first-order chi connectivity index (χ1) is 13.0. The number of aromatic nitrogens is 1. The minimum Gasteiger partial charge on any atom is -0.355 e. The number of rotatable bonds is 5. The zero-order chi connectivity index (χ0) is 19.3. The van der Waals surface area contributed by atoms with Crippen molar-refractivity contribution in [2.75, 3.05) is 26.7 Å². The Bertz CT molecular complexity index is 794. The second-order valence-corrected chi connectivity index (χ2v) is 7.21. The third kappa shape index (κ3) is 6.31. The summed E-state index contributed by atoms with van der Waals surface area (Å²) in [6.45, 7) is 3.73. The molecule has 1 aliphatic heterocycles. The number of alkyl halides is 3. The van der Waals surface area contributed by atoms with Crippen LogP contribution in [-0.4, -0.2) is 42.5 Å². The van der Waals surface area contributed by atoms with Gasteiger partial charge in [-0.25, -0.2) is 4.98 Å². The smallest absolute Gasteiger partial charge is 0.355 e. The molecule has 0 atom stereocenters. The van der Waals surface area contributed by atoms with Crippen molar-refractivity contribution < 1.29 is 13.2 Å². The molecule has 2 aromatic rings. The molecule has 0 unspecified atom stereocenters. The molecule has 0 aliphatic carbocycles. The number of aliphatic imine (C=N–C) groups is 1. The maximum atomic E-state index is 12.6. The highest BCUT2D eigenvalue weighted by molar-refractivity contribution is 14.0. The lowest BCUT2D eigenvalue weighted by Crippen LogP contribution is -2.42. The molecule has 0 radical (unpaired) electrons. The van der Waals surface area contributed by atoms with Gasteiger partial charge in [0.2, 0.25) is 0 Å². The maximum absolute atomic E-state index is 12.6. The van der Waals surface area contributed by atoms with Crippen LogP contribution in [0.4, 0.5) is 13.2 Å². The summed E-state index contributed by atoms with van der Waals surface area (Å²) in [4.78, 5) is 10.1. The van der Waals surface area contributed by atoms with Gasteiger partial charge in [0.05, 0.1) is 6.54 Å². The van der Waals surface area contributed by atoms with E-state index >= 15 is 0 Å². The SMILES string of the molecule is CN=C(NCCN1CCc2ccccc2C1)NCc1nc(C(F)(F)F)cs1.I. The van der Waals surface area contributed by atoms with Crippen molar-refractivity contribution in [3.8, 4) is 0 Å². The average molecular weight is 525 g/mol. The molecular weight excluding hydrogens is 502 g/mol. The van der Waals surface area contributed by atoms with Gasteiger partial charge >= 0.3 is 6.18 Å². The Balaban J connectivity index is 0.00000280. The first kappa shape index (κ1) is 22.9. The van der Waals surface area contributed by atoms with Crippen LogP contribution in [0.15, 0.2) is 34.6 Å². The molecule has 0 amide bonds.